The summed E-state index contributed by atoms with van der Waals surface area (Å²) in [6.07, 6.45) is 1.47. The van der Waals surface area contributed by atoms with Crippen LogP contribution in [0.2, 0.25) is 0 Å². The fourth-order valence-corrected chi connectivity index (χ4v) is 1.47. The Morgan fingerprint density at radius 1 is 1.38 bits per heavy atom. The van der Waals surface area contributed by atoms with Crippen LogP contribution in [0.25, 0.3) is 5.69 Å². The molecule has 5 nitrogen and oxygen atoms in total. The molecule has 0 aliphatic carbocycles. The van der Waals surface area contributed by atoms with E-state index in [0.717, 1.165) is 5.69 Å². The number of benzene rings is 1. The molecule has 0 saturated carbocycles. The molecule has 0 fully saturated rings. The molecule has 2 rings (SSSR count). The smallest absolute Gasteiger partial charge is 0.271 e. The summed E-state index contributed by atoms with van der Waals surface area (Å²) in [6, 6.07) is 9.37. The SMILES string of the molecule is CNC(=O)c1c(N)cnn1-c1ccccc1. The van der Waals surface area contributed by atoms with Crippen LogP contribution in [0.4, 0.5) is 5.69 Å². The molecule has 1 heterocycles. The second-order valence-electron chi connectivity index (χ2n) is 3.27. The van der Waals surface area contributed by atoms with E-state index in [9.17, 15) is 4.79 Å². The molecular formula is C11H12N4O. The first kappa shape index (κ1) is 10.2. The van der Waals surface area contributed by atoms with Crippen molar-refractivity contribution in [2.45, 2.75) is 0 Å². The van der Waals surface area contributed by atoms with E-state index < -0.39 is 0 Å². The standard InChI is InChI=1S/C11H12N4O/c1-13-11(16)10-9(12)7-14-15(10)8-5-3-2-4-6-8/h2-7H,12H2,1H3,(H,13,16). The Morgan fingerprint density at radius 3 is 2.69 bits per heavy atom. The normalized spacial score (nSPS) is 10.1. The highest BCUT2D eigenvalue weighted by molar-refractivity contribution is 5.97. The number of amides is 1. The van der Waals surface area contributed by atoms with E-state index in [2.05, 4.69) is 10.4 Å². The van der Waals surface area contributed by atoms with Gasteiger partial charge >= 0.3 is 0 Å². The van der Waals surface area contributed by atoms with Gasteiger partial charge in [-0.05, 0) is 12.1 Å². The van der Waals surface area contributed by atoms with Crippen molar-refractivity contribution in [3.8, 4) is 5.69 Å². The van der Waals surface area contributed by atoms with Gasteiger partial charge < -0.3 is 11.1 Å². The van der Waals surface area contributed by atoms with Crippen molar-refractivity contribution in [2.24, 2.45) is 0 Å². The van der Waals surface area contributed by atoms with Crippen molar-refractivity contribution in [1.82, 2.24) is 15.1 Å². The third-order valence-corrected chi connectivity index (χ3v) is 2.24. The predicted molar refractivity (Wildman–Crippen MR) is 61.4 cm³/mol. The maximum Gasteiger partial charge on any atom is 0.271 e. The van der Waals surface area contributed by atoms with Crippen LogP contribution in [-0.4, -0.2) is 22.7 Å². The van der Waals surface area contributed by atoms with Gasteiger partial charge in [0.25, 0.3) is 5.91 Å². The van der Waals surface area contributed by atoms with Crippen LogP contribution >= 0.6 is 0 Å². The summed E-state index contributed by atoms with van der Waals surface area (Å²) in [5.41, 5.74) is 7.23. The molecule has 16 heavy (non-hydrogen) atoms. The second-order valence-corrected chi connectivity index (χ2v) is 3.27. The molecule has 5 heteroatoms. The molecule has 1 aromatic heterocycles. The molecule has 0 aliphatic rings. The first-order chi connectivity index (χ1) is 7.74. The number of nitrogens with zero attached hydrogens (tertiary/aromatic N) is 2. The number of anilines is 1. The van der Waals surface area contributed by atoms with Gasteiger partial charge in [-0.2, -0.15) is 5.10 Å². The predicted octanol–water partition coefficient (Wildman–Crippen LogP) is 0.814. The topological polar surface area (TPSA) is 72.9 Å². The molecule has 0 unspecified atom stereocenters. The molecule has 0 radical (unpaired) electrons. The number of para-hydroxylation sites is 1. The lowest BCUT2D eigenvalue weighted by molar-refractivity contribution is 0.0956. The van der Waals surface area contributed by atoms with Gasteiger partial charge in [-0.3, -0.25) is 4.79 Å². The number of carbonyl (C=O) groups is 1. The van der Waals surface area contributed by atoms with Crippen molar-refractivity contribution in [3.05, 3.63) is 42.2 Å². The zero-order chi connectivity index (χ0) is 11.5. The molecule has 0 saturated heterocycles. The molecule has 82 valence electrons. The quantitative estimate of drug-likeness (QED) is 0.780. The molecule has 0 atom stereocenters. The summed E-state index contributed by atoms with van der Waals surface area (Å²) < 4.78 is 1.52. The molecule has 0 aliphatic heterocycles. The molecule has 2 aromatic rings. The third kappa shape index (κ3) is 1.63. The Balaban J connectivity index is 2.55. The van der Waals surface area contributed by atoms with Gasteiger partial charge in [0.05, 0.1) is 17.6 Å². The van der Waals surface area contributed by atoms with Gasteiger partial charge in [0.2, 0.25) is 0 Å². The highest BCUT2D eigenvalue weighted by Gasteiger charge is 2.16. The lowest BCUT2D eigenvalue weighted by Crippen LogP contribution is -2.22. The fraction of sp³-hybridized carbons (Fsp3) is 0.0909. The van der Waals surface area contributed by atoms with Crippen LogP contribution in [0.3, 0.4) is 0 Å². The molecular weight excluding hydrogens is 204 g/mol. The van der Waals surface area contributed by atoms with Gasteiger partial charge in [0.1, 0.15) is 0 Å². The highest BCUT2D eigenvalue weighted by Crippen LogP contribution is 2.15. The van der Waals surface area contributed by atoms with Crippen molar-refractivity contribution < 1.29 is 4.79 Å². The van der Waals surface area contributed by atoms with Crippen LogP contribution in [0.15, 0.2) is 36.5 Å². The minimum atomic E-state index is -0.251. The summed E-state index contributed by atoms with van der Waals surface area (Å²) in [5.74, 6) is -0.251. The lowest BCUT2D eigenvalue weighted by Gasteiger charge is -2.06. The monoisotopic (exact) mass is 216 g/mol. The van der Waals surface area contributed by atoms with E-state index in [4.69, 9.17) is 5.73 Å². The number of hydrogen-bond acceptors (Lipinski definition) is 3. The highest BCUT2D eigenvalue weighted by atomic mass is 16.1. The number of nitrogen functional groups attached to an aromatic ring is 1. The van der Waals surface area contributed by atoms with Gasteiger partial charge in [0.15, 0.2) is 5.69 Å². The Kier molecular flexibility index (Phi) is 2.59. The third-order valence-electron chi connectivity index (χ3n) is 2.24. The minimum Gasteiger partial charge on any atom is -0.396 e. The van der Waals surface area contributed by atoms with Crippen LogP contribution in [0, 0.1) is 0 Å². The van der Waals surface area contributed by atoms with Crippen molar-refractivity contribution in [1.29, 1.82) is 0 Å². The number of carbonyl (C=O) groups excluding carboxylic acids is 1. The maximum absolute atomic E-state index is 11.6. The Bertz CT molecular complexity index is 504. The van der Waals surface area contributed by atoms with Crippen molar-refractivity contribution >= 4 is 11.6 Å². The molecule has 1 amide bonds. The van der Waals surface area contributed by atoms with E-state index in [0.29, 0.717) is 11.4 Å². The van der Waals surface area contributed by atoms with Crippen LogP contribution < -0.4 is 11.1 Å². The Hall–Kier alpha value is -2.30. The van der Waals surface area contributed by atoms with Crippen LogP contribution in [-0.2, 0) is 0 Å². The van der Waals surface area contributed by atoms with Crippen molar-refractivity contribution in [2.75, 3.05) is 12.8 Å². The molecule has 1 aromatic carbocycles. The summed E-state index contributed by atoms with van der Waals surface area (Å²) in [6.45, 7) is 0. The number of aromatic nitrogens is 2. The first-order valence-corrected chi connectivity index (χ1v) is 4.85. The number of nitrogens with one attached hydrogen (secondary N) is 1. The number of nitrogens with two attached hydrogens (primary N) is 1. The fourth-order valence-electron chi connectivity index (χ4n) is 1.47. The summed E-state index contributed by atoms with van der Waals surface area (Å²) in [7, 11) is 1.56. The Morgan fingerprint density at radius 2 is 2.06 bits per heavy atom. The lowest BCUT2D eigenvalue weighted by atomic mass is 10.3. The average molecular weight is 216 g/mol. The summed E-state index contributed by atoms with van der Waals surface area (Å²) in [4.78, 5) is 11.6. The van der Waals surface area contributed by atoms with E-state index in [1.54, 1.807) is 7.05 Å². The largest absolute Gasteiger partial charge is 0.396 e. The number of hydrogen-bond donors (Lipinski definition) is 2. The van der Waals surface area contributed by atoms with E-state index >= 15 is 0 Å². The van der Waals surface area contributed by atoms with Crippen LogP contribution in [0.5, 0.6) is 0 Å². The average Bonchev–Trinajstić information content (AvgIpc) is 2.71. The second kappa shape index (κ2) is 4.06. The van der Waals surface area contributed by atoms with Gasteiger partial charge in [-0.15, -0.1) is 0 Å². The minimum absolute atomic E-state index is 0.251. The van der Waals surface area contributed by atoms with E-state index in [-0.39, 0.29) is 5.91 Å². The molecule has 0 bridgehead atoms. The Labute approximate surface area is 92.9 Å². The van der Waals surface area contributed by atoms with Crippen molar-refractivity contribution in [3.63, 3.8) is 0 Å². The number of rotatable bonds is 2. The zero-order valence-electron chi connectivity index (χ0n) is 8.84. The molecule has 0 spiro atoms. The van der Waals surface area contributed by atoms with E-state index in [1.165, 1.54) is 10.9 Å². The van der Waals surface area contributed by atoms with Gasteiger partial charge in [0, 0.05) is 7.05 Å². The van der Waals surface area contributed by atoms with Gasteiger partial charge in [-0.1, -0.05) is 18.2 Å². The molecule has 3 N–H and O–H groups in total. The zero-order valence-corrected chi connectivity index (χ0v) is 8.84. The van der Waals surface area contributed by atoms with Crippen LogP contribution in [0.1, 0.15) is 10.5 Å². The van der Waals surface area contributed by atoms with E-state index in [1.807, 2.05) is 30.3 Å². The summed E-state index contributed by atoms with van der Waals surface area (Å²) >= 11 is 0. The summed E-state index contributed by atoms with van der Waals surface area (Å²) in [5, 5.41) is 6.62. The van der Waals surface area contributed by atoms with Gasteiger partial charge in [-0.25, -0.2) is 4.68 Å². The first-order valence-electron chi connectivity index (χ1n) is 4.85. The maximum atomic E-state index is 11.6.